The van der Waals surface area contributed by atoms with E-state index in [1.807, 2.05) is 31.2 Å². The van der Waals surface area contributed by atoms with Crippen LogP contribution in [0.1, 0.15) is 29.5 Å². The molecule has 0 saturated carbocycles. The van der Waals surface area contributed by atoms with E-state index >= 15 is 0 Å². The molecule has 26 heavy (non-hydrogen) atoms. The van der Waals surface area contributed by atoms with Gasteiger partial charge in [-0.05, 0) is 36.8 Å². The number of carbonyl (C=O) groups excluding carboxylic acids is 1. The molecule has 4 nitrogen and oxygen atoms in total. The van der Waals surface area contributed by atoms with Crippen molar-refractivity contribution in [3.63, 3.8) is 0 Å². The maximum atomic E-state index is 12.6. The Kier molecular flexibility index (Phi) is 4.94. The van der Waals surface area contributed by atoms with E-state index < -0.39 is 0 Å². The van der Waals surface area contributed by atoms with Crippen LogP contribution in [0.4, 0.5) is 5.69 Å². The Bertz CT molecular complexity index is 922. The molecule has 2 heterocycles. The van der Waals surface area contributed by atoms with Crippen LogP contribution in [0.5, 0.6) is 0 Å². The number of nitrogens with zero attached hydrogens (tertiary/aromatic N) is 1. The summed E-state index contributed by atoms with van der Waals surface area (Å²) in [5, 5.41) is 4.79. The molecule has 0 radical (unpaired) electrons. The van der Waals surface area contributed by atoms with Crippen LogP contribution in [-0.2, 0) is 4.79 Å². The molecule has 134 valence electrons. The lowest BCUT2D eigenvalue weighted by Gasteiger charge is -2.19. The first-order valence-corrected chi connectivity index (χ1v) is 10.1. The molecule has 1 saturated heterocycles. The van der Waals surface area contributed by atoms with Gasteiger partial charge in [0.1, 0.15) is 6.04 Å². The lowest BCUT2D eigenvalue weighted by Crippen LogP contribution is -3.11. The Morgan fingerprint density at radius 1 is 1.35 bits per heavy atom. The number of likely N-dealkylation sites (tertiary alicyclic amines) is 1. The summed E-state index contributed by atoms with van der Waals surface area (Å²) in [6.45, 7) is 3.42. The number of benzene rings is 2. The number of hydrogen-bond acceptors (Lipinski definition) is 3. The quantitative estimate of drug-likeness (QED) is 0.719. The summed E-state index contributed by atoms with van der Waals surface area (Å²) in [5.41, 5.74) is 2.86. The molecule has 1 fully saturated rings. The third-order valence-corrected chi connectivity index (χ3v) is 6.34. The van der Waals surface area contributed by atoms with Gasteiger partial charge in [0.05, 0.1) is 16.8 Å². The first-order chi connectivity index (χ1) is 12.6. The van der Waals surface area contributed by atoms with E-state index in [9.17, 15) is 4.79 Å². The minimum atomic E-state index is 0.0263. The molecule has 1 amide bonds. The third-order valence-electron chi connectivity index (χ3n) is 4.95. The minimum absolute atomic E-state index is 0.0263. The maximum absolute atomic E-state index is 12.6. The fourth-order valence-corrected chi connectivity index (χ4v) is 4.92. The van der Waals surface area contributed by atoms with Gasteiger partial charge >= 0.3 is 0 Å². The molecule has 1 aliphatic rings. The summed E-state index contributed by atoms with van der Waals surface area (Å²) in [4.78, 5) is 18.7. The van der Waals surface area contributed by atoms with E-state index in [1.165, 1.54) is 9.60 Å². The smallest absolute Gasteiger partial charge is 0.279 e. The number of hydrogen-bond donors (Lipinski definition) is 2. The Hall–Kier alpha value is -1.95. The largest absolute Gasteiger partial charge is 0.321 e. The monoisotopic (exact) mass is 386 g/mol. The van der Waals surface area contributed by atoms with Crippen LogP contribution in [0, 0.1) is 6.92 Å². The Morgan fingerprint density at radius 2 is 2.19 bits per heavy atom. The van der Waals surface area contributed by atoms with Gasteiger partial charge < -0.3 is 10.2 Å². The number of para-hydroxylation sites is 1. The van der Waals surface area contributed by atoms with Crippen molar-refractivity contribution in [2.75, 3.05) is 18.4 Å². The normalized spacial score (nSPS) is 19.8. The molecule has 1 aromatic heterocycles. The Morgan fingerprint density at radius 3 is 3.04 bits per heavy atom. The molecular weight excluding hydrogens is 366 g/mol. The van der Waals surface area contributed by atoms with Gasteiger partial charge in [-0.25, -0.2) is 4.98 Å². The van der Waals surface area contributed by atoms with Crippen molar-refractivity contribution in [3.05, 3.63) is 58.1 Å². The summed E-state index contributed by atoms with van der Waals surface area (Å²) in [6, 6.07) is 14.1. The third kappa shape index (κ3) is 3.61. The maximum Gasteiger partial charge on any atom is 0.279 e. The fraction of sp³-hybridized carbons (Fsp3) is 0.300. The zero-order valence-electron chi connectivity index (χ0n) is 14.6. The van der Waals surface area contributed by atoms with Crippen molar-refractivity contribution in [2.45, 2.75) is 25.8 Å². The molecule has 6 heteroatoms. The molecule has 2 atom stereocenters. The fourth-order valence-electron chi connectivity index (χ4n) is 3.59. The van der Waals surface area contributed by atoms with Gasteiger partial charge in [0.25, 0.3) is 5.91 Å². The average molecular weight is 387 g/mol. The number of anilines is 1. The Labute approximate surface area is 161 Å². The molecule has 1 unspecified atom stereocenters. The first kappa shape index (κ1) is 17.5. The van der Waals surface area contributed by atoms with Crippen molar-refractivity contribution in [1.82, 2.24) is 4.98 Å². The molecule has 4 rings (SSSR count). The summed E-state index contributed by atoms with van der Waals surface area (Å²) in [6.07, 6.45) is 2.21. The number of fused-ring (bicyclic) bond motifs is 1. The highest BCUT2D eigenvalue weighted by atomic mass is 35.5. The van der Waals surface area contributed by atoms with Gasteiger partial charge in [-0.3, -0.25) is 4.79 Å². The van der Waals surface area contributed by atoms with Crippen LogP contribution in [0.2, 0.25) is 5.02 Å². The highest BCUT2D eigenvalue weighted by Crippen LogP contribution is 2.28. The molecular formula is C20H21ClN3OS+. The van der Waals surface area contributed by atoms with Gasteiger partial charge in [-0.2, -0.15) is 0 Å². The van der Waals surface area contributed by atoms with E-state index in [0.717, 1.165) is 41.2 Å². The number of nitrogens with one attached hydrogen (secondary N) is 2. The number of quaternary nitrogens is 1. The zero-order valence-corrected chi connectivity index (χ0v) is 16.2. The molecule has 0 aliphatic carbocycles. The van der Waals surface area contributed by atoms with E-state index in [4.69, 9.17) is 16.6 Å². The van der Waals surface area contributed by atoms with Crippen molar-refractivity contribution in [3.8, 4) is 0 Å². The van der Waals surface area contributed by atoms with Gasteiger partial charge in [0.2, 0.25) is 0 Å². The zero-order chi connectivity index (χ0) is 18.1. The van der Waals surface area contributed by atoms with Gasteiger partial charge in [0, 0.05) is 23.6 Å². The van der Waals surface area contributed by atoms with Gasteiger partial charge in [0.15, 0.2) is 11.6 Å². The lowest BCUT2D eigenvalue weighted by molar-refractivity contribution is -0.910. The van der Waals surface area contributed by atoms with Crippen molar-refractivity contribution < 1.29 is 9.69 Å². The predicted octanol–water partition coefficient (Wildman–Crippen LogP) is 3.62. The number of rotatable bonds is 4. The molecule has 2 N–H and O–H groups in total. The highest BCUT2D eigenvalue weighted by Gasteiger charge is 2.34. The van der Waals surface area contributed by atoms with Crippen LogP contribution in [0.3, 0.4) is 0 Å². The summed E-state index contributed by atoms with van der Waals surface area (Å²) in [5.74, 6) is 0.0263. The number of carbonyl (C=O) groups is 1. The van der Waals surface area contributed by atoms with Crippen LogP contribution in [0.15, 0.2) is 42.5 Å². The van der Waals surface area contributed by atoms with E-state index in [-0.39, 0.29) is 5.91 Å². The van der Waals surface area contributed by atoms with Crippen molar-refractivity contribution in [2.24, 2.45) is 0 Å². The SMILES string of the molecule is Cc1ccc(Cl)cc1NC(=O)C[NH+]1CCC[C@@H]1c1nc2ccccc2s1. The number of halogens is 1. The number of amides is 1. The standard InChI is InChI=1S/C20H20ClN3OS/c1-13-8-9-14(21)11-16(13)22-19(25)12-24-10-4-6-17(24)20-23-15-5-2-3-7-18(15)26-20/h2-3,5,7-9,11,17H,4,6,10,12H2,1H3,(H,22,25)/p+1/t17-/m1/s1. The summed E-state index contributed by atoms with van der Waals surface area (Å²) in [7, 11) is 0. The second-order valence-electron chi connectivity index (χ2n) is 6.81. The minimum Gasteiger partial charge on any atom is -0.321 e. The van der Waals surface area contributed by atoms with Crippen LogP contribution < -0.4 is 10.2 Å². The van der Waals surface area contributed by atoms with E-state index in [1.54, 1.807) is 17.4 Å². The molecule has 2 aromatic carbocycles. The summed E-state index contributed by atoms with van der Waals surface area (Å²) < 4.78 is 1.22. The highest BCUT2D eigenvalue weighted by molar-refractivity contribution is 7.18. The predicted molar refractivity (Wildman–Crippen MR) is 107 cm³/mol. The van der Waals surface area contributed by atoms with Crippen LogP contribution in [0.25, 0.3) is 10.2 Å². The number of thiazole rings is 1. The van der Waals surface area contributed by atoms with E-state index in [0.29, 0.717) is 17.6 Å². The summed E-state index contributed by atoms with van der Waals surface area (Å²) >= 11 is 7.80. The van der Waals surface area contributed by atoms with Crippen LogP contribution >= 0.6 is 22.9 Å². The number of aryl methyl sites for hydroxylation is 1. The van der Waals surface area contributed by atoms with E-state index in [2.05, 4.69) is 17.4 Å². The topological polar surface area (TPSA) is 46.4 Å². The second kappa shape index (κ2) is 7.35. The first-order valence-electron chi connectivity index (χ1n) is 8.86. The molecule has 0 bridgehead atoms. The average Bonchev–Trinajstić information content (AvgIpc) is 3.24. The van der Waals surface area contributed by atoms with Crippen LogP contribution in [-0.4, -0.2) is 24.0 Å². The van der Waals surface area contributed by atoms with Gasteiger partial charge in [-0.15, -0.1) is 11.3 Å². The van der Waals surface area contributed by atoms with Crippen molar-refractivity contribution in [1.29, 1.82) is 0 Å². The van der Waals surface area contributed by atoms with Crippen molar-refractivity contribution >= 4 is 44.7 Å². The molecule has 0 spiro atoms. The number of aromatic nitrogens is 1. The second-order valence-corrected chi connectivity index (χ2v) is 8.31. The lowest BCUT2D eigenvalue weighted by atomic mass is 10.2. The Balaban J connectivity index is 1.48. The molecule has 3 aromatic rings. The van der Waals surface area contributed by atoms with Gasteiger partial charge in [-0.1, -0.05) is 29.8 Å². The molecule has 1 aliphatic heterocycles.